The van der Waals surface area contributed by atoms with E-state index in [1.807, 2.05) is 30.3 Å². The number of rotatable bonds is 9. The quantitative estimate of drug-likeness (QED) is 0.345. The summed E-state index contributed by atoms with van der Waals surface area (Å²) < 4.78 is 7.37. The first-order valence-electron chi connectivity index (χ1n) is 11.6. The van der Waals surface area contributed by atoms with Crippen molar-refractivity contribution in [1.29, 1.82) is 0 Å². The van der Waals surface area contributed by atoms with Crippen LogP contribution in [0.3, 0.4) is 0 Å². The van der Waals surface area contributed by atoms with Gasteiger partial charge in [-0.3, -0.25) is 23.5 Å². The number of ether oxygens (including phenoxy) is 1. The van der Waals surface area contributed by atoms with Gasteiger partial charge in [0, 0.05) is 30.4 Å². The number of carbonyl (C=O) groups is 2. The molecule has 0 aliphatic rings. The zero-order valence-electron chi connectivity index (χ0n) is 20.3. The lowest BCUT2D eigenvalue weighted by Crippen LogP contribution is -2.41. The third kappa shape index (κ3) is 5.67. The van der Waals surface area contributed by atoms with Gasteiger partial charge in [0.2, 0.25) is 5.91 Å². The van der Waals surface area contributed by atoms with Crippen LogP contribution in [0.4, 0.5) is 5.69 Å². The fourth-order valence-electron chi connectivity index (χ4n) is 3.93. The lowest BCUT2D eigenvalue weighted by atomic mass is 10.1. The van der Waals surface area contributed by atoms with Gasteiger partial charge in [0.25, 0.3) is 11.5 Å². The summed E-state index contributed by atoms with van der Waals surface area (Å²) in [5, 5.41) is 5.77. The predicted molar refractivity (Wildman–Crippen MR) is 142 cm³/mol. The van der Waals surface area contributed by atoms with Gasteiger partial charge in [0.05, 0.1) is 18.0 Å². The van der Waals surface area contributed by atoms with Crippen LogP contribution >= 0.6 is 0 Å². The lowest BCUT2D eigenvalue weighted by molar-refractivity contribution is -0.116. The van der Waals surface area contributed by atoms with Gasteiger partial charge in [0.15, 0.2) is 0 Å². The first-order valence-corrected chi connectivity index (χ1v) is 11.6. The van der Waals surface area contributed by atoms with Crippen LogP contribution in [0.25, 0.3) is 10.9 Å². The molecule has 0 fully saturated rings. The molecule has 3 aromatic carbocycles. The number of methoxy groups -OCH3 is 1. The van der Waals surface area contributed by atoms with Gasteiger partial charge in [-0.2, -0.15) is 0 Å². The largest absolute Gasteiger partial charge is 0.497 e. The second-order valence-corrected chi connectivity index (χ2v) is 8.25. The van der Waals surface area contributed by atoms with Crippen LogP contribution in [0, 0.1) is 0 Å². The molecule has 0 spiro atoms. The van der Waals surface area contributed by atoms with Gasteiger partial charge in [-0.05, 0) is 35.9 Å². The average Bonchev–Trinajstić information content (AvgIpc) is 2.92. The van der Waals surface area contributed by atoms with Crippen molar-refractivity contribution in [2.24, 2.45) is 0 Å². The molecule has 0 radical (unpaired) electrons. The highest BCUT2D eigenvalue weighted by Crippen LogP contribution is 2.17. The molecular formula is C28H26N4O5. The second-order valence-electron chi connectivity index (χ2n) is 8.25. The normalized spacial score (nSPS) is 10.6. The van der Waals surface area contributed by atoms with Gasteiger partial charge in [-0.1, -0.05) is 42.5 Å². The van der Waals surface area contributed by atoms with Crippen LogP contribution in [0.5, 0.6) is 5.75 Å². The number of nitrogens with zero attached hydrogens (tertiary/aromatic N) is 2. The summed E-state index contributed by atoms with van der Waals surface area (Å²) in [5.41, 5.74) is 0.645. The zero-order valence-corrected chi connectivity index (χ0v) is 20.3. The SMILES string of the molecule is C=CCn1c(=O)c2ccc(C(=O)NCc3ccccc3)cc2n(CC(=O)Nc2cccc(OC)c2)c1=O. The van der Waals surface area contributed by atoms with Crippen molar-refractivity contribution >= 4 is 28.4 Å². The Labute approximate surface area is 212 Å². The third-order valence-electron chi connectivity index (χ3n) is 5.75. The van der Waals surface area contributed by atoms with Crippen LogP contribution in [0.2, 0.25) is 0 Å². The Morgan fingerprint density at radius 1 is 0.973 bits per heavy atom. The first-order chi connectivity index (χ1) is 17.9. The van der Waals surface area contributed by atoms with E-state index in [0.717, 1.165) is 10.1 Å². The molecule has 0 saturated heterocycles. The Morgan fingerprint density at radius 3 is 2.49 bits per heavy atom. The molecule has 37 heavy (non-hydrogen) atoms. The van der Waals surface area contributed by atoms with E-state index in [-0.39, 0.29) is 35.5 Å². The zero-order chi connectivity index (χ0) is 26.4. The monoisotopic (exact) mass is 498 g/mol. The predicted octanol–water partition coefficient (Wildman–Crippen LogP) is 2.93. The summed E-state index contributed by atoms with van der Waals surface area (Å²) in [6.07, 6.45) is 1.43. The number of anilines is 1. The number of amides is 2. The first kappa shape index (κ1) is 25.2. The standard InChI is InChI=1S/C28H26N4O5/c1-3-14-31-27(35)23-13-12-20(26(34)29-17-19-8-5-4-6-9-19)15-24(23)32(28(31)36)18-25(33)30-21-10-7-11-22(16-21)37-2/h3-13,15-16H,1,14,17-18H2,2H3,(H,29,34)(H,30,33). The summed E-state index contributed by atoms with van der Waals surface area (Å²) in [4.78, 5) is 52.0. The Morgan fingerprint density at radius 2 is 1.76 bits per heavy atom. The van der Waals surface area contributed by atoms with Crippen LogP contribution in [0.1, 0.15) is 15.9 Å². The van der Waals surface area contributed by atoms with Gasteiger partial charge in [0.1, 0.15) is 12.3 Å². The lowest BCUT2D eigenvalue weighted by Gasteiger charge is -2.15. The summed E-state index contributed by atoms with van der Waals surface area (Å²) in [7, 11) is 1.52. The molecule has 2 amide bonds. The highest BCUT2D eigenvalue weighted by Gasteiger charge is 2.17. The van der Waals surface area contributed by atoms with E-state index in [0.29, 0.717) is 18.0 Å². The molecule has 0 aliphatic carbocycles. The van der Waals surface area contributed by atoms with Gasteiger partial charge in [-0.15, -0.1) is 6.58 Å². The Kier molecular flexibility index (Phi) is 7.63. The van der Waals surface area contributed by atoms with E-state index in [9.17, 15) is 19.2 Å². The molecule has 0 saturated carbocycles. The maximum Gasteiger partial charge on any atom is 0.332 e. The molecular weight excluding hydrogens is 472 g/mol. The summed E-state index contributed by atoms with van der Waals surface area (Å²) >= 11 is 0. The van der Waals surface area contributed by atoms with Gasteiger partial charge < -0.3 is 15.4 Å². The molecule has 4 rings (SSSR count). The van der Waals surface area contributed by atoms with Crippen molar-refractivity contribution in [1.82, 2.24) is 14.5 Å². The average molecular weight is 499 g/mol. The summed E-state index contributed by atoms with van der Waals surface area (Å²) in [5.74, 6) is -0.300. The maximum atomic E-state index is 13.3. The number of allylic oxidation sites excluding steroid dienone is 1. The highest BCUT2D eigenvalue weighted by molar-refractivity contribution is 5.98. The number of nitrogens with one attached hydrogen (secondary N) is 2. The van der Waals surface area contributed by atoms with Crippen LogP contribution < -0.4 is 26.6 Å². The summed E-state index contributed by atoms with van der Waals surface area (Å²) in [6, 6.07) is 20.7. The third-order valence-corrected chi connectivity index (χ3v) is 5.75. The molecule has 2 N–H and O–H groups in total. The number of aromatic nitrogens is 2. The van der Waals surface area contributed by atoms with Crippen molar-refractivity contribution in [3.8, 4) is 5.75 Å². The molecule has 0 bridgehead atoms. The Hall–Kier alpha value is -4.92. The molecule has 9 heteroatoms. The fourth-order valence-corrected chi connectivity index (χ4v) is 3.93. The Balaban J connectivity index is 1.70. The molecule has 4 aromatic rings. The molecule has 0 aliphatic heterocycles. The molecule has 1 heterocycles. The van der Waals surface area contributed by atoms with Crippen molar-refractivity contribution in [2.45, 2.75) is 19.6 Å². The van der Waals surface area contributed by atoms with Crippen molar-refractivity contribution in [3.05, 3.63) is 117 Å². The topological polar surface area (TPSA) is 111 Å². The molecule has 0 unspecified atom stereocenters. The number of hydrogen-bond acceptors (Lipinski definition) is 5. The number of fused-ring (bicyclic) bond motifs is 1. The molecule has 1 aromatic heterocycles. The minimum absolute atomic E-state index is 0.0234. The smallest absolute Gasteiger partial charge is 0.332 e. The van der Waals surface area contributed by atoms with Crippen molar-refractivity contribution < 1.29 is 14.3 Å². The molecule has 0 atom stereocenters. The fraction of sp³-hybridized carbons (Fsp3) is 0.143. The van der Waals surface area contributed by atoms with Gasteiger partial charge >= 0.3 is 5.69 Å². The van der Waals surface area contributed by atoms with E-state index in [2.05, 4.69) is 17.2 Å². The van der Waals surface area contributed by atoms with Crippen LogP contribution in [0.15, 0.2) is 95.0 Å². The van der Waals surface area contributed by atoms with E-state index >= 15 is 0 Å². The summed E-state index contributed by atoms with van der Waals surface area (Å²) in [6.45, 7) is 3.53. The van der Waals surface area contributed by atoms with E-state index in [1.165, 1.54) is 36.0 Å². The highest BCUT2D eigenvalue weighted by atomic mass is 16.5. The maximum absolute atomic E-state index is 13.3. The number of benzene rings is 3. The van der Waals surface area contributed by atoms with E-state index in [4.69, 9.17) is 4.74 Å². The van der Waals surface area contributed by atoms with E-state index < -0.39 is 17.2 Å². The second kappa shape index (κ2) is 11.2. The van der Waals surface area contributed by atoms with E-state index in [1.54, 1.807) is 24.3 Å². The minimum atomic E-state index is -0.681. The van der Waals surface area contributed by atoms with Crippen LogP contribution in [-0.2, 0) is 24.4 Å². The van der Waals surface area contributed by atoms with Crippen molar-refractivity contribution in [3.63, 3.8) is 0 Å². The minimum Gasteiger partial charge on any atom is -0.497 e. The molecule has 188 valence electrons. The van der Waals surface area contributed by atoms with Crippen LogP contribution in [-0.4, -0.2) is 28.1 Å². The Bertz CT molecular complexity index is 1590. The number of hydrogen-bond donors (Lipinski definition) is 2. The van der Waals surface area contributed by atoms with Gasteiger partial charge in [-0.25, -0.2) is 4.79 Å². The number of carbonyl (C=O) groups excluding carboxylic acids is 2. The van der Waals surface area contributed by atoms with Crippen molar-refractivity contribution in [2.75, 3.05) is 12.4 Å². The molecule has 9 nitrogen and oxygen atoms in total.